The van der Waals surface area contributed by atoms with Crippen LogP contribution in [0.25, 0.3) is 0 Å². The van der Waals surface area contributed by atoms with Gasteiger partial charge in [-0.05, 0) is 31.0 Å². The molecular formula is C18H28ClNO. The van der Waals surface area contributed by atoms with Gasteiger partial charge in [0, 0.05) is 28.6 Å². The van der Waals surface area contributed by atoms with Gasteiger partial charge in [-0.1, -0.05) is 51.1 Å². The van der Waals surface area contributed by atoms with Crippen LogP contribution < -0.4 is 10.1 Å². The van der Waals surface area contributed by atoms with E-state index < -0.39 is 0 Å². The summed E-state index contributed by atoms with van der Waals surface area (Å²) in [5.74, 6) is 0.979. The number of benzene rings is 1. The van der Waals surface area contributed by atoms with E-state index in [1.54, 1.807) is 7.11 Å². The standard InChI is InChI=1S/C18H28ClNO/c1-14(2)20-13-18(10-6-4-5-7-11-18)16-12-15(19)8-9-17(16)21-3/h8-9,12,14,20H,4-7,10-11,13H2,1-3H3. The average Bonchev–Trinajstić information content (AvgIpc) is 2.71. The van der Waals surface area contributed by atoms with Crippen molar-refractivity contribution in [2.75, 3.05) is 13.7 Å². The van der Waals surface area contributed by atoms with Crippen LogP contribution in [0.15, 0.2) is 18.2 Å². The second-order valence-corrected chi connectivity index (χ2v) is 7.01. The monoisotopic (exact) mass is 309 g/mol. The molecule has 1 fully saturated rings. The Morgan fingerprint density at radius 1 is 1.19 bits per heavy atom. The van der Waals surface area contributed by atoms with Crippen molar-refractivity contribution in [1.82, 2.24) is 5.32 Å². The van der Waals surface area contributed by atoms with Gasteiger partial charge in [0.25, 0.3) is 0 Å². The molecule has 2 rings (SSSR count). The molecule has 3 heteroatoms. The Morgan fingerprint density at radius 2 is 1.86 bits per heavy atom. The lowest BCUT2D eigenvalue weighted by Crippen LogP contribution is -2.41. The number of rotatable bonds is 5. The Morgan fingerprint density at radius 3 is 2.43 bits per heavy atom. The lowest BCUT2D eigenvalue weighted by atomic mass is 9.73. The van der Waals surface area contributed by atoms with Gasteiger partial charge < -0.3 is 10.1 Å². The molecule has 0 saturated heterocycles. The van der Waals surface area contributed by atoms with Crippen LogP contribution in [0.5, 0.6) is 5.75 Å². The zero-order valence-electron chi connectivity index (χ0n) is 13.5. The summed E-state index contributed by atoms with van der Waals surface area (Å²) in [5.41, 5.74) is 1.43. The molecule has 0 unspecified atom stereocenters. The van der Waals surface area contributed by atoms with Crippen LogP contribution >= 0.6 is 11.6 Å². The quantitative estimate of drug-likeness (QED) is 0.778. The van der Waals surface area contributed by atoms with E-state index in [0.29, 0.717) is 6.04 Å². The van der Waals surface area contributed by atoms with E-state index in [1.807, 2.05) is 12.1 Å². The van der Waals surface area contributed by atoms with Crippen LogP contribution in [0, 0.1) is 0 Å². The molecule has 0 aliphatic heterocycles. The lowest BCUT2D eigenvalue weighted by molar-refractivity contribution is 0.316. The number of hydrogen-bond acceptors (Lipinski definition) is 2. The van der Waals surface area contributed by atoms with Gasteiger partial charge in [-0.3, -0.25) is 0 Å². The lowest BCUT2D eigenvalue weighted by Gasteiger charge is -2.36. The third kappa shape index (κ3) is 4.14. The highest BCUT2D eigenvalue weighted by Gasteiger charge is 2.35. The maximum Gasteiger partial charge on any atom is 0.122 e. The van der Waals surface area contributed by atoms with E-state index in [4.69, 9.17) is 16.3 Å². The summed E-state index contributed by atoms with van der Waals surface area (Å²) in [6.45, 7) is 5.42. The summed E-state index contributed by atoms with van der Waals surface area (Å²) < 4.78 is 5.64. The van der Waals surface area contributed by atoms with Gasteiger partial charge >= 0.3 is 0 Å². The summed E-state index contributed by atoms with van der Waals surface area (Å²) >= 11 is 6.28. The van der Waals surface area contributed by atoms with Crippen molar-refractivity contribution in [2.45, 2.75) is 63.8 Å². The van der Waals surface area contributed by atoms with Crippen LogP contribution in [0.4, 0.5) is 0 Å². The minimum absolute atomic E-state index is 0.150. The first-order chi connectivity index (χ1) is 10.1. The molecule has 21 heavy (non-hydrogen) atoms. The highest BCUT2D eigenvalue weighted by atomic mass is 35.5. The molecular weight excluding hydrogens is 282 g/mol. The zero-order valence-corrected chi connectivity index (χ0v) is 14.3. The fourth-order valence-electron chi connectivity index (χ4n) is 3.44. The number of nitrogens with one attached hydrogen (secondary N) is 1. The van der Waals surface area contributed by atoms with Gasteiger partial charge in [-0.25, -0.2) is 0 Å². The Bertz CT molecular complexity index is 451. The summed E-state index contributed by atoms with van der Waals surface area (Å²) in [4.78, 5) is 0. The first kappa shape index (κ1) is 16.6. The summed E-state index contributed by atoms with van der Waals surface area (Å²) in [5, 5.41) is 4.46. The molecule has 0 spiro atoms. The molecule has 1 aliphatic carbocycles. The maximum absolute atomic E-state index is 6.28. The Kier molecular flexibility index (Phi) is 5.95. The highest BCUT2D eigenvalue weighted by molar-refractivity contribution is 6.30. The first-order valence-corrected chi connectivity index (χ1v) is 8.52. The van der Waals surface area contributed by atoms with Crippen molar-refractivity contribution in [2.24, 2.45) is 0 Å². The fourth-order valence-corrected chi connectivity index (χ4v) is 3.61. The number of methoxy groups -OCH3 is 1. The van der Waals surface area contributed by atoms with Gasteiger partial charge in [0.15, 0.2) is 0 Å². The molecule has 2 nitrogen and oxygen atoms in total. The predicted octanol–water partition coefficient (Wildman–Crippen LogP) is 4.94. The third-order valence-corrected chi connectivity index (χ3v) is 4.88. The second kappa shape index (κ2) is 7.51. The smallest absolute Gasteiger partial charge is 0.122 e. The summed E-state index contributed by atoms with van der Waals surface area (Å²) in [7, 11) is 1.76. The average molecular weight is 310 g/mol. The maximum atomic E-state index is 6.28. The van der Waals surface area contributed by atoms with E-state index in [-0.39, 0.29) is 5.41 Å². The van der Waals surface area contributed by atoms with E-state index in [2.05, 4.69) is 25.2 Å². The van der Waals surface area contributed by atoms with Crippen LogP contribution in [-0.2, 0) is 5.41 Å². The van der Waals surface area contributed by atoms with Crippen molar-refractivity contribution < 1.29 is 4.74 Å². The van der Waals surface area contributed by atoms with Crippen LogP contribution in [0.1, 0.15) is 57.9 Å². The molecule has 1 aromatic carbocycles. The molecule has 0 aromatic heterocycles. The number of ether oxygens (including phenoxy) is 1. The predicted molar refractivity (Wildman–Crippen MR) is 90.5 cm³/mol. The van der Waals surface area contributed by atoms with Crippen LogP contribution in [-0.4, -0.2) is 19.7 Å². The zero-order chi connectivity index (χ0) is 15.3. The molecule has 0 heterocycles. The van der Waals surface area contributed by atoms with Crippen molar-refractivity contribution in [1.29, 1.82) is 0 Å². The molecule has 1 N–H and O–H groups in total. The Hall–Kier alpha value is -0.730. The molecule has 0 atom stereocenters. The second-order valence-electron chi connectivity index (χ2n) is 6.57. The first-order valence-electron chi connectivity index (χ1n) is 8.15. The molecule has 0 radical (unpaired) electrons. The topological polar surface area (TPSA) is 21.3 Å². The number of hydrogen-bond donors (Lipinski definition) is 1. The van der Waals surface area contributed by atoms with E-state index in [1.165, 1.54) is 44.1 Å². The molecule has 118 valence electrons. The van der Waals surface area contributed by atoms with Gasteiger partial charge in [0.2, 0.25) is 0 Å². The van der Waals surface area contributed by atoms with E-state index >= 15 is 0 Å². The van der Waals surface area contributed by atoms with E-state index in [9.17, 15) is 0 Å². The van der Waals surface area contributed by atoms with Crippen molar-refractivity contribution in [3.63, 3.8) is 0 Å². The Labute approximate surface area is 134 Å². The van der Waals surface area contributed by atoms with Gasteiger partial charge in [0.05, 0.1) is 7.11 Å². The largest absolute Gasteiger partial charge is 0.496 e. The van der Waals surface area contributed by atoms with Gasteiger partial charge in [-0.15, -0.1) is 0 Å². The molecule has 0 bridgehead atoms. The SMILES string of the molecule is COc1ccc(Cl)cc1C1(CNC(C)C)CCCCCC1. The summed E-state index contributed by atoms with van der Waals surface area (Å²) in [6.07, 6.45) is 7.68. The number of halogens is 1. The Balaban J connectivity index is 2.39. The molecule has 1 aromatic rings. The molecule has 1 saturated carbocycles. The fraction of sp³-hybridized carbons (Fsp3) is 0.667. The molecule has 0 amide bonds. The third-order valence-electron chi connectivity index (χ3n) is 4.64. The van der Waals surface area contributed by atoms with Crippen molar-refractivity contribution in [3.8, 4) is 5.75 Å². The van der Waals surface area contributed by atoms with Crippen molar-refractivity contribution >= 4 is 11.6 Å². The minimum Gasteiger partial charge on any atom is -0.496 e. The van der Waals surface area contributed by atoms with Crippen molar-refractivity contribution in [3.05, 3.63) is 28.8 Å². The normalized spacial score (nSPS) is 18.5. The minimum atomic E-state index is 0.150. The van der Waals surface area contributed by atoms with Gasteiger partial charge in [0.1, 0.15) is 5.75 Å². The van der Waals surface area contributed by atoms with Crippen LogP contribution in [0.3, 0.4) is 0 Å². The van der Waals surface area contributed by atoms with Crippen LogP contribution in [0.2, 0.25) is 5.02 Å². The van der Waals surface area contributed by atoms with Gasteiger partial charge in [-0.2, -0.15) is 0 Å². The van der Waals surface area contributed by atoms with E-state index in [0.717, 1.165) is 17.3 Å². The summed E-state index contributed by atoms with van der Waals surface area (Å²) in [6, 6.07) is 6.55. The molecule has 1 aliphatic rings. The highest BCUT2D eigenvalue weighted by Crippen LogP contribution is 2.43.